The quantitative estimate of drug-likeness (QED) is 0.671. The average Bonchev–Trinajstić information content (AvgIpc) is 2.68. The Morgan fingerprint density at radius 3 is 2.22 bits per heavy atom. The number of methoxy groups -OCH3 is 2. The topological polar surface area (TPSA) is 59.1 Å². The third kappa shape index (κ3) is 4.63. The van der Waals surface area contributed by atoms with Crippen LogP contribution in [0.4, 0.5) is 0 Å². The molecule has 0 N–H and O–H groups in total. The fraction of sp³-hybridized carbons (Fsp3) is 0.368. The van der Waals surface area contributed by atoms with E-state index in [0.717, 1.165) is 21.5 Å². The van der Waals surface area contributed by atoms with Crippen molar-refractivity contribution >= 4 is 26.0 Å². The van der Waals surface area contributed by atoms with Crippen LogP contribution in [-0.4, -0.2) is 58.0 Å². The van der Waals surface area contributed by atoms with E-state index in [1.54, 1.807) is 42.8 Å². The molecule has 1 aliphatic heterocycles. The summed E-state index contributed by atoms with van der Waals surface area (Å²) in [6.45, 7) is 2.94. The predicted octanol–water partition coefficient (Wildman–Crippen LogP) is 2.97. The van der Waals surface area contributed by atoms with Crippen LogP contribution < -0.4 is 9.47 Å². The summed E-state index contributed by atoms with van der Waals surface area (Å²) in [7, 11) is -0.174. The lowest BCUT2D eigenvalue weighted by Gasteiger charge is -2.34. The Labute approximate surface area is 168 Å². The van der Waals surface area contributed by atoms with Gasteiger partial charge >= 0.3 is 0 Å². The number of rotatable bonds is 6. The monoisotopic (exact) mass is 454 g/mol. The lowest BCUT2D eigenvalue weighted by Crippen LogP contribution is -2.48. The summed E-state index contributed by atoms with van der Waals surface area (Å²) >= 11 is 3.34. The van der Waals surface area contributed by atoms with E-state index in [1.165, 1.54) is 0 Å². The van der Waals surface area contributed by atoms with Crippen molar-refractivity contribution in [2.75, 3.05) is 40.4 Å². The third-order valence-electron chi connectivity index (χ3n) is 4.66. The van der Waals surface area contributed by atoms with E-state index in [0.29, 0.717) is 37.6 Å². The van der Waals surface area contributed by atoms with Gasteiger partial charge in [0.25, 0.3) is 0 Å². The van der Waals surface area contributed by atoms with Gasteiger partial charge in [0.05, 0.1) is 19.1 Å². The Hall–Kier alpha value is -1.61. The molecule has 0 spiro atoms. The van der Waals surface area contributed by atoms with Crippen LogP contribution in [0.1, 0.15) is 5.56 Å². The summed E-state index contributed by atoms with van der Waals surface area (Å²) < 4.78 is 38.8. The molecule has 2 aromatic rings. The summed E-state index contributed by atoms with van der Waals surface area (Å²) in [6.07, 6.45) is 0. The zero-order chi connectivity index (χ0) is 19.4. The summed E-state index contributed by atoms with van der Waals surface area (Å²) in [4.78, 5) is 2.55. The normalized spacial score (nSPS) is 16.3. The SMILES string of the molecule is COc1ccc(OC)c(CN2CCN(S(=O)(=O)c3ccc(Br)cc3)CC2)c1. The molecule has 1 aliphatic rings. The second-order valence-electron chi connectivity index (χ2n) is 6.31. The Kier molecular flexibility index (Phi) is 6.41. The van der Waals surface area contributed by atoms with E-state index in [1.807, 2.05) is 18.2 Å². The first kappa shape index (κ1) is 20.1. The van der Waals surface area contributed by atoms with Gasteiger partial charge in [0.15, 0.2) is 0 Å². The first-order chi connectivity index (χ1) is 12.9. The van der Waals surface area contributed by atoms with Crippen molar-refractivity contribution in [2.45, 2.75) is 11.4 Å². The summed E-state index contributed by atoms with van der Waals surface area (Å²) in [5.74, 6) is 1.59. The second-order valence-corrected chi connectivity index (χ2v) is 9.17. The van der Waals surface area contributed by atoms with E-state index in [4.69, 9.17) is 9.47 Å². The minimum Gasteiger partial charge on any atom is -0.497 e. The smallest absolute Gasteiger partial charge is 0.243 e. The third-order valence-corrected chi connectivity index (χ3v) is 7.11. The van der Waals surface area contributed by atoms with Gasteiger partial charge in [-0.05, 0) is 42.5 Å². The molecule has 0 unspecified atom stereocenters. The molecule has 146 valence electrons. The lowest BCUT2D eigenvalue weighted by atomic mass is 10.1. The molecule has 1 saturated heterocycles. The molecule has 0 aliphatic carbocycles. The minimum atomic E-state index is -3.46. The van der Waals surface area contributed by atoms with Crippen LogP contribution >= 0.6 is 15.9 Å². The number of hydrogen-bond donors (Lipinski definition) is 0. The first-order valence-corrected chi connectivity index (χ1v) is 10.9. The molecule has 0 aromatic heterocycles. The Morgan fingerprint density at radius 1 is 0.963 bits per heavy atom. The predicted molar refractivity (Wildman–Crippen MR) is 108 cm³/mol. The van der Waals surface area contributed by atoms with E-state index >= 15 is 0 Å². The van der Waals surface area contributed by atoms with E-state index in [-0.39, 0.29) is 0 Å². The van der Waals surface area contributed by atoms with Crippen LogP contribution in [0.3, 0.4) is 0 Å². The summed E-state index contributed by atoms with van der Waals surface area (Å²) in [5.41, 5.74) is 1.03. The molecule has 27 heavy (non-hydrogen) atoms. The van der Waals surface area contributed by atoms with Crippen molar-refractivity contribution in [1.82, 2.24) is 9.21 Å². The summed E-state index contributed by atoms with van der Waals surface area (Å²) in [5, 5.41) is 0. The molecular weight excluding hydrogens is 432 g/mol. The number of halogens is 1. The van der Waals surface area contributed by atoms with Gasteiger partial charge in [-0.2, -0.15) is 4.31 Å². The van der Waals surface area contributed by atoms with E-state index < -0.39 is 10.0 Å². The Morgan fingerprint density at radius 2 is 1.63 bits per heavy atom. The maximum atomic E-state index is 12.8. The molecule has 2 aromatic carbocycles. The summed E-state index contributed by atoms with van der Waals surface area (Å²) in [6, 6.07) is 12.5. The van der Waals surface area contributed by atoms with Crippen molar-refractivity contribution in [3.8, 4) is 11.5 Å². The van der Waals surface area contributed by atoms with Crippen LogP contribution in [0, 0.1) is 0 Å². The zero-order valence-electron chi connectivity index (χ0n) is 15.4. The molecule has 1 heterocycles. The second kappa shape index (κ2) is 8.60. The minimum absolute atomic E-state index is 0.327. The molecule has 0 saturated carbocycles. The van der Waals surface area contributed by atoms with Gasteiger partial charge < -0.3 is 9.47 Å². The highest BCUT2D eigenvalue weighted by atomic mass is 79.9. The van der Waals surface area contributed by atoms with Crippen LogP contribution in [0.15, 0.2) is 51.8 Å². The van der Waals surface area contributed by atoms with E-state index in [9.17, 15) is 8.42 Å². The van der Waals surface area contributed by atoms with Crippen molar-refractivity contribution in [2.24, 2.45) is 0 Å². The lowest BCUT2D eigenvalue weighted by molar-refractivity contribution is 0.180. The van der Waals surface area contributed by atoms with Crippen LogP contribution in [-0.2, 0) is 16.6 Å². The molecule has 8 heteroatoms. The van der Waals surface area contributed by atoms with Gasteiger partial charge in [0.2, 0.25) is 10.0 Å². The first-order valence-electron chi connectivity index (χ1n) is 8.63. The highest BCUT2D eigenvalue weighted by molar-refractivity contribution is 9.10. The maximum absolute atomic E-state index is 12.8. The molecular formula is C19H23BrN2O4S. The molecule has 6 nitrogen and oxygen atoms in total. The number of sulfonamides is 1. The zero-order valence-corrected chi connectivity index (χ0v) is 17.8. The number of nitrogens with zero attached hydrogens (tertiary/aromatic N) is 2. The van der Waals surface area contributed by atoms with Crippen molar-refractivity contribution in [1.29, 1.82) is 0 Å². The Bertz CT molecular complexity index is 879. The van der Waals surface area contributed by atoms with Crippen molar-refractivity contribution in [3.05, 3.63) is 52.5 Å². The largest absolute Gasteiger partial charge is 0.497 e. The highest BCUT2D eigenvalue weighted by Gasteiger charge is 2.28. The van der Waals surface area contributed by atoms with Gasteiger partial charge in [-0.3, -0.25) is 4.90 Å². The van der Waals surface area contributed by atoms with Crippen molar-refractivity contribution in [3.63, 3.8) is 0 Å². The molecule has 0 bridgehead atoms. The molecule has 1 fully saturated rings. The highest BCUT2D eigenvalue weighted by Crippen LogP contribution is 2.26. The Balaban J connectivity index is 1.66. The van der Waals surface area contributed by atoms with Crippen LogP contribution in [0.25, 0.3) is 0 Å². The van der Waals surface area contributed by atoms with Crippen LogP contribution in [0.2, 0.25) is 0 Å². The number of ether oxygens (including phenoxy) is 2. The number of benzene rings is 2. The molecule has 0 radical (unpaired) electrons. The van der Waals surface area contributed by atoms with Gasteiger partial charge in [0, 0.05) is 42.8 Å². The molecule has 0 amide bonds. The standard InChI is InChI=1S/C19H23BrN2O4S/c1-25-17-5-8-19(26-2)15(13-17)14-21-9-11-22(12-10-21)27(23,24)18-6-3-16(20)4-7-18/h3-8,13H,9-12,14H2,1-2H3. The van der Waals surface area contributed by atoms with Gasteiger partial charge in [-0.25, -0.2) is 8.42 Å². The molecule has 3 rings (SSSR count). The molecule has 0 atom stereocenters. The number of hydrogen-bond acceptors (Lipinski definition) is 5. The fourth-order valence-corrected chi connectivity index (χ4v) is 4.82. The average molecular weight is 455 g/mol. The van der Waals surface area contributed by atoms with Gasteiger partial charge in [0.1, 0.15) is 11.5 Å². The van der Waals surface area contributed by atoms with Crippen LogP contribution in [0.5, 0.6) is 11.5 Å². The van der Waals surface area contributed by atoms with Gasteiger partial charge in [-0.1, -0.05) is 15.9 Å². The van der Waals surface area contributed by atoms with E-state index in [2.05, 4.69) is 20.8 Å². The maximum Gasteiger partial charge on any atom is 0.243 e. The van der Waals surface area contributed by atoms with Crippen molar-refractivity contribution < 1.29 is 17.9 Å². The number of piperazine rings is 1. The fourth-order valence-electron chi connectivity index (χ4n) is 3.13. The van der Waals surface area contributed by atoms with Gasteiger partial charge in [-0.15, -0.1) is 0 Å².